The summed E-state index contributed by atoms with van der Waals surface area (Å²) in [6, 6.07) is 0. The first-order valence-corrected chi connectivity index (χ1v) is 6.67. The van der Waals surface area contributed by atoms with Gasteiger partial charge in [-0.25, -0.2) is 0 Å². The van der Waals surface area contributed by atoms with Gasteiger partial charge in [-0.1, -0.05) is 30.2 Å². The number of allylic oxidation sites excluding steroid dienone is 4. The van der Waals surface area contributed by atoms with Gasteiger partial charge in [0.1, 0.15) is 0 Å². The Morgan fingerprint density at radius 1 is 1.00 bits per heavy atom. The Morgan fingerprint density at radius 2 is 1.87 bits per heavy atom. The summed E-state index contributed by atoms with van der Waals surface area (Å²) in [7, 11) is 0. The molecule has 2 saturated carbocycles. The fourth-order valence-corrected chi connectivity index (χ4v) is 3.69. The summed E-state index contributed by atoms with van der Waals surface area (Å²) in [5, 5.41) is 0. The first-order chi connectivity index (χ1) is 7.31. The highest BCUT2D eigenvalue weighted by molar-refractivity contribution is 5.17. The Morgan fingerprint density at radius 3 is 2.07 bits per heavy atom. The van der Waals surface area contributed by atoms with E-state index in [0.29, 0.717) is 0 Å². The lowest BCUT2D eigenvalue weighted by Crippen LogP contribution is -2.01. The van der Waals surface area contributed by atoms with Crippen molar-refractivity contribution in [1.29, 1.82) is 0 Å². The fourth-order valence-electron chi connectivity index (χ4n) is 3.69. The predicted molar refractivity (Wildman–Crippen MR) is 64.6 cm³/mol. The Labute approximate surface area is 93.5 Å². The zero-order valence-electron chi connectivity index (χ0n) is 9.84. The second-order valence-electron chi connectivity index (χ2n) is 5.95. The molecule has 0 aromatic heterocycles. The maximum atomic E-state index is 2.44. The second-order valence-corrected chi connectivity index (χ2v) is 5.95. The lowest BCUT2D eigenvalue weighted by Gasteiger charge is -2.11. The van der Waals surface area contributed by atoms with Gasteiger partial charge in [-0.2, -0.15) is 0 Å². The van der Waals surface area contributed by atoms with E-state index in [4.69, 9.17) is 0 Å². The molecule has 0 saturated heterocycles. The first kappa shape index (κ1) is 9.69. The molecule has 15 heavy (non-hydrogen) atoms. The molecule has 4 aliphatic rings. The normalized spacial score (nSPS) is 39.9. The minimum atomic E-state index is 1.01. The van der Waals surface area contributed by atoms with Crippen molar-refractivity contribution in [2.75, 3.05) is 0 Å². The Balaban J connectivity index is 0.0000000971. The molecule has 82 valence electrons. The summed E-state index contributed by atoms with van der Waals surface area (Å²) >= 11 is 0. The lowest BCUT2D eigenvalue weighted by molar-refractivity contribution is 0.424. The number of hydrogen-bond donors (Lipinski definition) is 0. The molecule has 0 radical (unpaired) electrons. The SMILES string of the molecule is C1=C2CCC(C1)C2.CC1CC2=CCC1C2. The number of hydrogen-bond acceptors (Lipinski definition) is 0. The van der Waals surface area contributed by atoms with E-state index in [1.165, 1.54) is 44.9 Å². The second kappa shape index (κ2) is 3.81. The van der Waals surface area contributed by atoms with E-state index in [1.54, 1.807) is 11.1 Å². The van der Waals surface area contributed by atoms with Gasteiger partial charge in [-0.3, -0.25) is 0 Å². The van der Waals surface area contributed by atoms with E-state index in [2.05, 4.69) is 19.1 Å². The Kier molecular flexibility index (Phi) is 2.46. The first-order valence-electron chi connectivity index (χ1n) is 6.67. The van der Waals surface area contributed by atoms with E-state index in [0.717, 1.165) is 17.8 Å². The van der Waals surface area contributed by atoms with Crippen LogP contribution in [0.5, 0.6) is 0 Å². The smallest absolute Gasteiger partial charge is 0.0286 e. The van der Waals surface area contributed by atoms with Crippen molar-refractivity contribution in [2.24, 2.45) is 17.8 Å². The number of fused-ring (bicyclic) bond motifs is 4. The Hall–Kier alpha value is -0.520. The van der Waals surface area contributed by atoms with Crippen LogP contribution in [0, 0.1) is 17.8 Å². The van der Waals surface area contributed by atoms with E-state index >= 15 is 0 Å². The van der Waals surface area contributed by atoms with Gasteiger partial charge < -0.3 is 0 Å². The molecule has 3 unspecified atom stereocenters. The minimum Gasteiger partial charge on any atom is -0.0850 e. The van der Waals surface area contributed by atoms with Crippen LogP contribution in [-0.4, -0.2) is 0 Å². The molecule has 0 aromatic rings. The predicted octanol–water partition coefficient (Wildman–Crippen LogP) is 4.48. The van der Waals surface area contributed by atoms with E-state index in [9.17, 15) is 0 Å². The monoisotopic (exact) mass is 202 g/mol. The average molecular weight is 202 g/mol. The van der Waals surface area contributed by atoms with Gasteiger partial charge in [0.05, 0.1) is 0 Å². The zero-order chi connectivity index (χ0) is 10.3. The van der Waals surface area contributed by atoms with Crippen molar-refractivity contribution in [1.82, 2.24) is 0 Å². The molecule has 0 spiro atoms. The third kappa shape index (κ3) is 1.91. The highest BCUT2D eigenvalue weighted by Gasteiger charge is 2.30. The summed E-state index contributed by atoms with van der Waals surface area (Å²) in [5.41, 5.74) is 3.48. The molecule has 0 nitrogen and oxygen atoms in total. The van der Waals surface area contributed by atoms with Crippen LogP contribution in [0.4, 0.5) is 0 Å². The molecule has 4 aliphatic carbocycles. The summed E-state index contributed by atoms with van der Waals surface area (Å²) in [6.07, 6.45) is 14.8. The van der Waals surface area contributed by atoms with Crippen molar-refractivity contribution in [3.8, 4) is 0 Å². The molecular weight excluding hydrogens is 180 g/mol. The topological polar surface area (TPSA) is 0 Å². The van der Waals surface area contributed by atoms with Gasteiger partial charge >= 0.3 is 0 Å². The van der Waals surface area contributed by atoms with Gasteiger partial charge in [0.2, 0.25) is 0 Å². The lowest BCUT2D eigenvalue weighted by atomic mass is 9.94. The van der Waals surface area contributed by atoms with E-state index in [1.807, 2.05) is 0 Å². The highest BCUT2D eigenvalue weighted by Crippen LogP contribution is 2.43. The maximum absolute atomic E-state index is 2.44. The fraction of sp³-hybridized carbons (Fsp3) is 0.733. The molecule has 0 heteroatoms. The van der Waals surface area contributed by atoms with Crippen LogP contribution in [0.3, 0.4) is 0 Å². The van der Waals surface area contributed by atoms with Crippen LogP contribution < -0.4 is 0 Å². The van der Waals surface area contributed by atoms with Crippen LogP contribution >= 0.6 is 0 Å². The summed E-state index contributed by atoms with van der Waals surface area (Å²) in [5.74, 6) is 3.13. The van der Waals surface area contributed by atoms with Crippen molar-refractivity contribution < 1.29 is 0 Å². The van der Waals surface area contributed by atoms with Crippen molar-refractivity contribution >= 4 is 0 Å². The molecule has 2 fully saturated rings. The molecule has 0 aliphatic heterocycles. The van der Waals surface area contributed by atoms with Gasteiger partial charge in [0, 0.05) is 0 Å². The molecule has 4 bridgehead atoms. The van der Waals surface area contributed by atoms with Crippen LogP contribution in [0.2, 0.25) is 0 Å². The van der Waals surface area contributed by atoms with Gasteiger partial charge in [0.15, 0.2) is 0 Å². The van der Waals surface area contributed by atoms with E-state index in [-0.39, 0.29) is 0 Å². The molecule has 0 amide bonds. The molecule has 0 N–H and O–H groups in total. The van der Waals surface area contributed by atoms with Gasteiger partial charge in [-0.15, -0.1) is 0 Å². The number of rotatable bonds is 0. The highest BCUT2D eigenvalue weighted by atomic mass is 14.4. The molecular formula is C15H22. The maximum Gasteiger partial charge on any atom is -0.0286 e. The van der Waals surface area contributed by atoms with Gasteiger partial charge in [-0.05, 0) is 62.7 Å². The molecule has 0 aromatic carbocycles. The molecule has 3 atom stereocenters. The largest absolute Gasteiger partial charge is 0.0850 e. The minimum absolute atomic E-state index is 1.01. The molecule has 4 rings (SSSR count). The summed E-state index contributed by atoms with van der Waals surface area (Å²) in [6.45, 7) is 2.38. The van der Waals surface area contributed by atoms with Crippen molar-refractivity contribution in [3.63, 3.8) is 0 Å². The van der Waals surface area contributed by atoms with E-state index < -0.39 is 0 Å². The van der Waals surface area contributed by atoms with Crippen molar-refractivity contribution in [3.05, 3.63) is 23.3 Å². The zero-order valence-corrected chi connectivity index (χ0v) is 9.84. The van der Waals surface area contributed by atoms with Crippen LogP contribution in [0.15, 0.2) is 23.3 Å². The standard InChI is InChI=1S/C8H12.C7H10/c1-6-4-7-2-3-8(6)5-7;1-2-7-4-3-6(1)5-7/h2,6,8H,3-5H2,1H3;1,7H,2-5H2. The third-order valence-electron chi connectivity index (χ3n) is 4.79. The van der Waals surface area contributed by atoms with Crippen LogP contribution in [0.1, 0.15) is 51.9 Å². The third-order valence-corrected chi connectivity index (χ3v) is 4.79. The van der Waals surface area contributed by atoms with Crippen molar-refractivity contribution in [2.45, 2.75) is 51.9 Å². The quantitative estimate of drug-likeness (QED) is 0.508. The van der Waals surface area contributed by atoms with Crippen LogP contribution in [-0.2, 0) is 0 Å². The van der Waals surface area contributed by atoms with Gasteiger partial charge in [0.25, 0.3) is 0 Å². The average Bonchev–Trinajstić information content (AvgIpc) is 2.99. The Bertz CT molecular complexity index is 308. The molecule has 0 heterocycles. The summed E-state index contributed by atoms with van der Waals surface area (Å²) in [4.78, 5) is 0. The summed E-state index contributed by atoms with van der Waals surface area (Å²) < 4.78 is 0. The van der Waals surface area contributed by atoms with Crippen LogP contribution in [0.25, 0.3) is 0 Å².